The van der Waals surface area contributed by atoms with Gasteiger partial charge in [-0.15, -0.1) is 0 Å². The van der Waals surface area contributed by atoms with Gasteiger partial charge in [0, 0.05) is 18.7 Å². The second-order valence-corrected chi connectivity index (χ2v) is 5.78. The van der Waals surface area contributed by atoms with Gasteiger partial charge in [-0.2, -0.15) is 0 Å². The fourth-order valence-electron chi connectivity index (χ4n) is 2.67. The highest BCUT2D eigenvalue weighted by atomic mass is 16.5. The number of amides is 1. The number of hydrogen-bond donors (Lipinski definition) is 2. The SMILES string of the molecule is CCCCn1c(N)c(N(CC)C(=O)c2ccc(OC)cc2)c(=O)[nH]c1=O. The molecule has 0 saturated carbocycles. The normalized spacial score (nSPS) is 10.6. The molecule has 1 heterocycles. The zero-order valence-electron chi connectivity index (χ0n) is 15.2. The summed E-state index contributed by atoms with van der Waals surface area (Å²) in [4.78, 5) is 40.8. The highest BCUT2D eigenvalue weighted by Gasteiger charge is 2.24. The average Bonchev–Trinajstić information content (AvgIpc) is 2.64. The van der Waals surface area contributed by atoms with Gasteiger partial charge in [0.1, 0.15) is 11.6 Å². The number of unbranched alkanes of at least 4 members (excludes halogenated alkanes) is 1. The molecular weight excluding hydrogens is 336 g/mol. The predicted octanol–water partition coefficient (Wildman–Crippen LogP) is 1.59. The van der Waals surface area contributed by atoms with Crippen LogP contribution in [0, 0.1) is 0 Å². The van der Waals surface area contributed by atoms with E-state index in [1.807, 2.05) is 6.92 Å². The van der Waals surface area contributed by atoms with Gasteiger partial charge in [-0.1, -0.05) is 13.3 Å². The summed E-state index contributed by atoms with van der Waals surface area (Å²) in [6.07, 6.45) is 1.59. The Morgan fingerprint density at radius 2 is 1.88 bits per heavy atom. The van der Waals surface area contributed by atoms with Crippen LogP contribution in [0.3, 0.4) is 0 Å². The molecule has 140 valence electrons. The molecule has 1 amide bonds. The topological polar surface area (TPSA) is 110 Å². The summed E-state index contributed by atoms with van der Waals surface area (Å²) >= 11 is 0. The number of nitrogens with two attached hydrogens (primary N) is 1. The zero-order valence-corrected chi connectivity index (χ0v) is 15.2. The maximum Gasteiger partial charge on any atom is 0.330 e. The fourth-order valence-corrected chi connectivity index (χ4v) is 2.67. The molecular formula is C18H24N4O4. The summed E-state index contributed by atoms with van der Waals surface area (Å²) in [6.45, 7) is 4.32. The van der Waals surface area contributed by atoms with Crippen LogP contribution in [-0.2, 0) is 6.54 Å². The van der Waals surface area contributed by atoms with Crippen molar-refractivity contribution in [2.45, 2.75) is 33.2 Å². The van der Waals surface area contributed by atoms with E-state index < -0.39 is 11.2 Å². The molecule has 26 heavy (non-hydrogen) atoms. The van der Waals surface area contributed by atoms with Crippen LogP contribution >= 0.6 is 0 Å². The number of nitrogens with one attached hydrogen (secondary N) is 1. The summed E-state index contributed by atoms with van der Waals surface area (Å²) in [5, 5.41) is 0. The fraction of sp³-hybridized carbons (Fsp3) is 0.389. The lowest BCUT2D eigenvalue weighted by atomic mass is 10.2. The number of benzene rings is 1. The van der Waals surface area contributed by atoms with Gasteiger partial charge in [-0.3, -0.25) is 19.1 Å². The third-order valence-electron chi connectivity index (χ3n) is 4.12. The van der Waals surface area contributed by atoms with E-state index in [0.717, 1.165) is 12.8 Å². The van der Waals surface area contributed by atoms with Crippen molar-refractivity contribution in [3.8, 4) is 5.75 Å². The number of rotatable bonds is 7. The summed E-state index contributed by atoms with van der Waals surface area (Å²) in [5.74, 6) is 0.235. The standard InChI is InChI=1S/C18H24N4O4/c1-4-6-11-22-15(19)14(16(23)20-18(22)25)21(5-2)17(24)12-7-9-13(26-3)10-8-12/h7-10H,4-6,11,19H2,1-3H3,(H,20,23,25). The number of aromatic amines is 1. The van der Waals surface area contributed by atoms with Gasteiger partial charge in [0.2, 0.25) is 0 Å². The Kier molecular flexibility index (Phi) is 6.21. The van der Waals surface area contributed by atoms with Crippen molar-refractivity contribution in [1.29, 1.82) is 0 Å². The molecule has 0 bridgehead atoms. The maximum absolute atomic E-state index is 12.9. The number of methoxy groups -OCH3 is 1. The minimum atomic E-state index is -0.677. The van der Waals surface area contributed by atoms with Gasteiger partial charge >= 0.3 is 5.69 Å². The molecule has 8 heteroatoms. The van der Waals surface area contributed by atoms with E-state index in [-0.39, 0.29) is 24.0 Å². The Balaban J connectivity index is 2.50. The van der Waals surface area contributed by atoms with E-state index in [2.05, 4.69) is 4.98 Å². The second kappa shape index (κ2) is 8.37. The van der Waals surface area contributed by atoms with Crippen molar-refractivity contribution in [1.82, 2.24) is 9.55 Å². The summed E-state index contributed by atoms with van der Waals surface area (Å²) in [7, 11) is 1.54. The number of aromatic nitrogens is 2. The van der Waals surface area contributed by atoms with E-state index in [1.54, 1.807) is 31.2 Å². The van der Waals surface area contributed by atoms with Crippen LogP contribution in [0.5, 0.6) is 5.75 Å². The van der Waals surface area contributed by atoms with E-state index in [4.69, 9.17) is 10.5 Å². The van der Waals surface area contributed by atoms with Crippen molar-refractivity contribution in [3.05, 3.63) is 50.7 Å². The second-order valence-electron chi connectivity index (χ2n) is 5.78. The number of carbonyl (C=O) groups excluding carboxylic acids is 1. The van der Waals surface area contributed by atoms with Gasteiger partial charge in [0.25, 0.3) is 11.5 Å². The zero-order chi connectivity index (χ0) is 19.3. The molecule has 0 unspecified atom stereocenters. The predicted molar refractivity (Wildman–Crippen MR) is 101 cm³/mol. The van der Waals surface area contributed by atoms with E-state index >= 15 is 0 Å². The lowest BCUT2D eigenvalue weighted by Gasteiger charge is -2.23. The molecule has 1 aromatic carbocycles. The van der Waals surface area contributed by atoms with Crippen molar-refractivity contribution >= 4 is 17.4 Å². The Hall–Kier alpha value is -3.03. The van der Waals surface area contributed by atoms with Crippen molar-refractivity contribution in [2.24, 2.45) is 0 Å². The van der Waals surface area contributed by atoms with Crippen LogP contribution in [0.2, 0.25) is 0 Å². The third-order valence-corrected chi connectivity index (χ3v) is 4.12. The minimum absolute atomic E-state index is 0.00379. The summed E-state index contributed by atoms with van der Waals surface area (Å²) < 4.78 is 6.38. The van der Waals surface area contributed by atoms with E-state index in [1.165, 1.54) is 16.6 Å². The first-order valence-corrected chi connectivity index (χ1v) is 8.53. The minimum Gasteiger partial charge on any atom is -0.497 e. The summed E-state index contributed by atoms with van der Waals surface area (Å²) in [5.41, 5.74) is 5.22. The highest BCUT2D eigenvalue weighted by Crippen LogP contribution is 2.20. The van der Waals surface area contributed by atoms with Crippen LogP contribution < -0.4 is 26.6 Å². The molecule has 0 radical (unpaired) electrons. The number of nitrogens with zero attached hydrogens (tertiary/aromatic N) is 2. The average molecular weight is 360 g/mol. The van der Waals surface area contributed by atoms with Crippen LogP contribution in [-0.4, -0.2) is 29.1 Å². The number of ether oxygens (including phenoxy) is 1. The molecule has 1 aromatic heterocycles. The molecule has 8 nitrogen and oxygen atoms in total. The van der Waals surface area contributed by atoms with E-state index in [9.17, 15) is 14.4 Å². The van der Waals surface area contributed by atoms with Crippen LogP contribution in [0.15, 0.2) is 33.9 Å². The molecule has 0 aliphatic carbocycles. The Labute approximate surface area is 151 Å². The molecule has 0 saturated heterocycles. The third kappa shape index (κ3) is 3.79. The molecule has 2 aromatic rings. The molecule has 0 fully saturated rings. The number of carbonyl (C=O) groups is 1. The molecule has 3 N–H and O–H groups in total. The van der Waals surface area contributed by atoms with Gasteiger partial charge in [0.05, 0.1) is 7.11 Å². The van der Waals surface area contributed by atoms with E-state index in [0.29, 0.717) is 17.9 Å². The number of anilines is 2. The lowest BCUT2D eigenvalue weighted by molar-refractivity contribution is 0.0988. The van der Waals surface area contributed by atoms with Crippen molar-refractivity contribution in [2.75, 3.05) is 24.3 Å². The molecule has 0 spiro atoms. The largest absolute Gasteiger partial charge is 0.497 e. The number of H-pyrrole nitrogens is 1. The first kappa shape index (κ1) is 19.3. The van der Waals surface area contributed by atoms with Crippen molar-refractivity contribution < 1.29 is 9.53 Å². The number of hydrogen-bond acceptors (Lipinski definition) is 5. The molecule has 2 rings (SSSR count). The first-order chi connectivity index (χ1) is 12.4. The van der Waals surface area contributed by atoms with Crippen molar-refractivity contribution in [3.63, 3.8) is 0 Å². The Morgan fingerprint density at radius 1 is 1.23 bits per heavy atom. The maximum atomic E-state index is 12.9. The molecule has 0 aliphatic heterocycles. The highest BCUT2D eigenvalue weighted by molar-refractivity contribution is 6.07. The molecule has 0 atom stereocenters. The Bertz CT molecular complexity index is 884. The monoisotopic (exact) mass is 360 g/mol. The number of nitrogen functional groups attached to an aromatic ring is 1. The first-order valence-electron chi connectivity index (χ1n) is 8.53. The van der Waals surface area contributed by atoms with Gasteiger partial charge < -0.3 is 15.4 Å². The summed E-state index contributed by atoms with van der Waals surface area (Å²) in [6, 6.07) is 6.55. The van der Waals surface area contributed by atoms with Crippen LogP contribution in [0.1, 0.15) is 37.0 Å². The van der Waals surface area contributed by atoms with Gasteiger partial charge in [-0.05, 0) is 37.6 Å². The molecule has 0 aliphatic rings. The van der Waals surface area contributed by atoms with Gasteiger partial charge in [-0.25, -0.2) is 4.79 Å². The van der Waals surface area contributed by atoms with Crippen LogP contribution in [0.4, 0.5) is 11.5 Å². The van der Waals surface area contributed by atoms with Gasteiger partial charge in [0.15, 0.2) is 5.69 Å². The quantitative estimate of drug-likeness (QED) is 0.779. The Morgan fingerprint density at radius 3 is 2.42 bits per heavy atom. The lowest BCUT2D eigenvalue weighted by Crippen LogP contribution is -2.41. The van der Waals surface area contributed by atoms with Crippen LogP contribution in [0.25, 0.3) is 0 Å². The smallest absolute Gasteiger partial charge is 0.330 e.